The lowest BCUT2D eigenvalue weighted by Gasteiger charge is -2.21. The Balaban J connectivity index is 2.87. The highest BCUT2D eigenvalue weighted by atomic mass is 32.2. The van der Waals surface area contributed by atoms with Gasteiger partial charge in [0, 0.05) is 6.20 Å². The van der Waals surface area contributed by atoms with Crippen molar-refractivity contribution >= 4 is 23.4 Å². The number of hydrogen-bond donors (Lipinski definition) is 4. The van der Waals surface area contributed by atoms with Crippen LogP contribution in [-0.4, -0.2) is 27.0 Å². The van der Waals surface area contributed by atoms with E-state index in [1.165, 1.54) is 6.20 Å². The average molecular weight is 189 g/mol. The Kier molecular flexibility index (Phi) is 2.25. The van der Waals surface area contributed by atoms with Gasteiger partial charge in [-0.2, -0.15) is 0 Å². The van der Waals surface area contributed by atoms with Gasteiger partial charge in [-0.25, -0.2) is 4.79 Å². The molecule has 0 spiro atoms. The maximum atomic E-state index is 10.5. The van der Waals surface area contributed by atoms with Gasteiger partial charge in [-0.05, 0) is 5.41 Å². The fourth-order valence-corrected chi connectivity index (χ4v) is 1.46. The SMILES string of the molecule is NC1(/C(=N/O)C(=O)O)NC=CS1. The minimum atomic E-state index is -1.36. The van der Waals surface area contributed by atoms with E-state index < -0.39 is 16.7 Å². The lowest BCUT2D eigenvalue weighted by Crippen LogP contribution is -2.55. The summed E-state index contributed by atoms with van der Waals surface area (Å²) in [7, 11) is 0. The van der Waals surface area contributed by atoms with Crippen LogP contribution in [0.15, 0.2) is 16.8 Å². The van der Waals surface area contributed by atoms with Crippen LogP contribution in [0.25, 0.3) is 0 Å². The van der Waals surface area contributed by atoms with E-state index in [2.05, 4.69) is 10.5 Å². The van der Waals surface area contributed by atoms with Gasteiger partial charge in [0.25, 0.3) is 0 Å². The van der Waals surface area contributed by atoms with Crippen molar-refractivity contribution in [2.45, 2.75) is 4.99 Å². The Bertz CT molecular complexity index is 255. The van der Waals surface area contributed by atoms with Crippen molar-refractivity contribution in [2.75, 3.05) is 0 Å². The van der Waals surface area contributed by atoms with E-state index >= 15 is 0 Å². The molecule has 1 rings (SSSR count). The van der Waals surface area contributed by atoms with Crippen LogP contribution in [0, 0.1) is 0 Å². The zero-order chi connectivity index (χ0) is 9.19. The first-order valence-electron chi connectivity index (χ1n) is 2.95. The summed E-state index contributed by atoms with van der Waals surface area (Å²) in [6.07, 6.45) is 1.48. The van der Waals surface area contributed by atoms with E-state index in [9.17, 15) is 4.79 Å². The van der Waals surface area contributed by atoms with Gasteiger partial charge in [-0.15, -0.1) is 0 Å². The van der Waals surface area contributed by atoms with Crippen molar-refractivity contribution in [2.24, 2.45) is 10.9 Å². The van der Waals surface area contributed by atoms with Crippen molar-refractivity contribution in [1.29, 1.82) is 0 Å². The minimum Gasteiger partial charge on any atom is -0.477 e. The predicted molar refractivity (Wildman–Crippen MR) is 43.6 cm³/mol. The molecule has 1 aliphatic rings. The van der Waals surface area contributed by atoms with Gasteiger partial charge in [0.05, 0.1) is 0 Å². The molecule has 1 atom stereocenters. The summed E-state index contributed by atoms with van der Waals surface area (Å²) in [6, 6.07) is 0. The van der Waals surface area contributed by atoms with Gasteiger partial charge < -0.3 is 15.6 Å². The monoisotopic (exact) mass is 189 g/mol. The minimum absolute atomic E-state index is 0.530. The van der Waals surface area contributed by atoms with Crippen molar-refractivity contribution in [3.63, 3.8) is 0 Å². The van der Waals surface area contributed by atoms with E-state index in [1.807, 2.05) is 0 Å². The zero-order valence-corrected chi connectivity index (χ0v) is 6.71. The van der Waals surface area contributed by atoms with Gasteiger partial charge in [0.1, 0.15) is 0 Å². The molecule has 0 aromatic heterocycles. The Labute approximate surface area is 72.1 Å². The topological polar surface area (TPSA) is 108 Å². The molecule has 1 aliphatic heterocycles. The molecule has 12 heavy (non-hydrogen) atoms. The third-order valence-electron chi connectivity index (χ3n) is 1.27. The highest BCUT2D eigenvalue weighted by molar-refractivity contribution is 8.04. The number of carboxylic acid groups (broad SMARTS) is 1. The maximum absolute atomic E-state index is 10.5. The molecule has 0 fully saturated rings. The summed E-state index contributed by atoms with van der Waals surface area (Å²) < 4.78 is 0. The summed E-state index contributed by atoms with van der Waals surface area (Å²) in [4.78, 5) is 9.11. The van der Waals surface area contributed by atoms with Crippen molar-refractivity contribution in [3.8, 4) is 0 Å². The third-order valence-corrected chi connectivity index (χ3v) is 2.23. The van der Waals surface area contributed by atoms with Crippen LogP contribution in [-0.2, 0) is 4.79 Å². The summed E-state index contributed by atoms with van der Waals surface area (Å²) in [5, 5.41) is 23.7. The molecule has 6 nitrogen and oxygen atoms in total. The Morgan fingerprint density at radius 1 is 1.75 bits per heavy atom. The first-order chi connectivity index (χ1) is 5.60. The Morgan fingerprint density at radius 3 is 2.75 bits per heavy atom. The fourth-order valence-electron chi connectivity index (χ4n) is 0.733. The molecule has 0 aromatic carbocycles. The summed E-state index contributed by atoms with van der Waals surface area (Å²) >= 11 is 1.02. The second kappa shape index (κ2) is 3.03. The number of nitrogens with one attached hydrogen (secondary N) is 1. The van der Waals surface area contributed by atoms with Gasteiger partial charge in [0.15, 0.2) is 4.99 Å². The van der Waals surface area contributed by atoms with Crippen molar-refractivity contribution in [1.82, 2.24) is 5.32 Å². The number of carboxylic acids is 1. The van der Waals surface area contributed by atoms with E-state index in [1.54, 1.807) is 5.41 Å². The first kappa shape index (κ1) is 8.88. The number of carbonyl (C=O) groups is 1. The predicted octanol–water partition coefficient (Wildman–Crippen LogP) is -0.679. The smallest absolute Gasteiger partial charge is 0.358 e. The van der Waals surface area contributed by atoms with Crippen LogP contribution in [0.3, 0.4) is 0 Å². The van der Waals surface area contributed by atoms with E-state index in [-0.39, 0.29) is 0 Å². The van der Waals surface area contributed by atoms with Crippen LogP contribution < -0.4 is 11.1 Å². The summed E-state index contributed by atoms with van der Waals surface area (Å²) in [6.45, 7) is 0. The number of rotatable bonds is 2. The molecular formula is C5H7N3O3S. The second-order valence-corrected chi connectivity index (χ2v) is 3.21. The van der Waals surface area contributed by atoms with Gasteiger partial charge in [-0.3, -0.25) is 5.73 Å². The van der Waals surface area contributed by atoms with Gasteiger partial charge in [-0.1, -0.05) is 16.9 Å². The van der Waals surface area contributed by atoms with Crippen LogP contribution in [0.5, 0.6) is 0 Å². The summed E-state index contributed by atoms with van der Waals surface area (Å²) in [5.41, 5.74) is 5.00. The lowest BCUT2D eigenvalue weighted by molar-refractivity contribution is -0.129. The number of aliphatic carboxylic acids is 1. The van der Waals surface area contributed by atoms with Gasteiger partial charge >= 0.3 is 5.97 Å². The Hall–Kier alpha value is -1.21. The van der Waals surface area contributed by atoms with Crippen LogP contribution in [0.1, 0.15) is 0 Å². The molecule has 5 N–H and O–H groups in total. The number of thioether (sulfide) groups is 1. The molecule has 66 valence electrons. The van der Waals surface area contributed by atoms with Crippen molar-refractivity contribution in [3.05, 3.63) is 11.6 Å². The second-order valence-electron chi connectivity index (χ2n) is 2.05. The molecule has 1 unspecified atom stereocenters. The van der Waals surface area contributed by atoms with Crippen molar-refractivity contribution < 1.29 is 15.1 Å². The normalized spacial score (nSPS) is 28.6. The number of hydrogen-bond acceptors (Lipinski definition) is 6. The highest BCUT2D eigenvalue weighted by Crippen LogP contribution is 2.24. The Morgan fingerprint density at radius 2 is 2.42 bits per heavy atom. The molecule has 0 saturated heterocycles. The number of nitrogens with zero attached hydrogens (tertiary/aromatic N) is 1. The lowest BCUT2D eigenvalue weighted by atomic mass is 10.3. The molecule has 0 aromatic rings. The molecular weight excluding hydrogens is 182 g/mol. The first-order valence-corrected chi connectivity index (χ1v) is 3.83. The molecule has 0 saturated carbocycles. The van der Waals surface area contributed by atoms with Crippen LogP contribution >= 0.6 is 11.8 Å². The standard InChI is InChI=1S/C5H7N3O3S/c6-5(7-1-2-12-5)3(8-11)4(9)10/h1-2,7,11H,6H2,(H,9,10)/b8-3+. The third kappa shape index (κ3) is 1.36. The zero-order valence-electron chi connectivity index (χ0n) is 5.89. The highest BCUT2D eigenvalue weighted by Gasteiger charge is 2.38. The van der Waals surface area contributed by atoms with Crippen LogP contribution in [0.4, 0.5) is 0 Å². The molecule has 0 radical (unpaired) electrons. The number of oxime groups is 1. The van der Waals surface area contributed by atoms with E-state index in [4.69, 9.17) is 16.0 Å². The largest absolute Gasteiger partial charge is 0.477 e. The molecule has 0 aliphatic carbocycles. The molecule has 1 heterocycles. The fraction of sp³-hybridized carbons (Fsp3) is 0.200. The summed E-state index contributed by atoms with van der Waals surface area (Å²) in [5.74, 6) is -1.36. The number of nitrogens with two attached hydrogens (primary N) is 1. The quantitative estimate of drug-likeness (QED) is 0.260. The maximum Gasteiger partial charge on any atom is 0.358 e. The van der Waals surface area contributed by atoms with Gasteiger partial charge in [0.2, 0.25) is 5.71 Å². The van der Waals surface area contributed by atoms with Crippen LogP contribution in [0.2, 0.25) is 0 Å². The molecule has 7 heteroatoms. The molecule has 0 amide bonds. The van der Waals surface area contributed by atoms with E-state index in [0.717, 1.165) is 11.8 Å². The molecule has 0 bridgehead atoms. The average Bonchev–Trinajstić information content (AvgIpc) is 2.37. The van der Waals surface area contributed by atoms with E-state index in [0.29, 0.717) is 0 Å².